The fourth-order valence-corrected chi connectivity index (χ4v) is 3.83. The number of benzene rings is 2. The fraction of sp³-hybridized carbons (Fsp3) is 0.348. The molecule has 4 rings (SSSR count). The molecule has 2 aromatic carbocycles. The van der Waals surface area contributed by atoms with Gasteiger partial charge in [-0.05, 0) is 49.2 Å². The van der Waals surface area contributed by atoms with Crippen molar-refractivity contribution in [3.8, 4) is 17.2 Å². The molecule has 6 nitrogen and oxygen atoms in total. The van der Waals surface area contributed by atoms with Crippen LogP contribution in [0.1, 0.15) is 36.5 Å². The summed E-state index contributed by atoms with van der Waals surface area (Å²) in [6.45, 7) is 3.05. The SMILES string of the molecule is CCC(=O)[C@H]1CCCN(C(=O)c2ccc3nc(-c4cccc(OC)c4)oc3c2)C1. The van der Waals surface area contributed by atoms with E-state index in [0.29, 0.717) is 42.1 Å². The maximum absolute atomic E-state index is 13.0. The van der Waals surface area contributed by atoms with E-state index >= 15 is 0 Å². The molecule has 0 aliphatic carbocycles. The van der Waals surface area contributed by atoms with Crippen molar-refractivity contribution < 1.29 is 18.7 Å². The van der Waals surface area contributed by atoms with Crippen LogP contribution in [0.4, 0.5) is 0 Å². The first-order valence-electron chi connectivity index (χ1n) is 9.96. The molecule has 3 aromatic rings. The largest absolute Gasteiger partial charge is 0.497 e. The first-order chi connectivity index (χ1) is 14.1. The van der Waals surface area contributed by atoms with Gasteiger partial charge in [0.25, 0.3) is 5.91 Å². The van der Waals surface area contributed by atoms with Crippen molar-refractivity contribution in [2.24, 2.45) is 5.92 Å². The van der Waals surface area contributed by atoms with Crippen LogP contribution in [0.15, 0.2) is 46.9 Å². The smallest absolute Gasteiger partial charge is 0.254 e. The van der Waals surface area contributed by atoms with Gasteiger partial charge < -0.3 is 14.1 Å². The number of oxazole rings is 1. The maximum Gasteiger partial charge on any atom is 0.254 e. The van der Waals surface area contributed by atoms with Gasteiger partial charge in [0.05, 0.1) is 7.11 Å². The van der Waals surface area contributed by atoms with Crippen molar-refractivity contribution in [2.45, 2.75) is 26.2 Å². The van der Waals surface area contributed by atoms with E-state index < -0.39 is 0 Å². The molecule has 1 aliphatic rings. The average molecular weight is 392 g/mol. The molecule has 0 radical (unpaired) electrons. The molecule has 0 saturated carbocycles. The number of ether oxygens (including phenoxy) is 1. The molecule has 6 heteroatoms. The number of ketones is 1. The zero-order valence-electron chi connectivity index (χ0n) is 16.7. The number of carbonyl (C=O) groups is 2. The van der Waals surface area contributed by atoms with Crippen molar-refractivity contribution in [2.75, 3.05) is 20.2 Å². The van der Waals surface area contributed by atoms with Crippen molar-refractivity contribution in [3.05, 3.63) is 48.0 Å². The van der Waals surface area contributed by atoms with Crippen LogP contribution in [0, 0.1) is 5.92 Å². The van der Waals surface area contributed by atoms with Crippen molar-refractivity contribution in [3.63, 3.8) is 0 Å². The highest BCUT2D eigenvalue weighted by molar-refractivity contribution is 5.97. The normalized spacial score (nSPS) is 16.8. The molecular formula is C23H24N2O4. The number of piperidine rings is 1. The van der Waals surface area contributed by atoms with E-state index in [1.165, 1.54) is 0 Å². The number of methoxy groups -OCH3 is 1. The van der Waals surface area contributed by atoms with E-state index in [1.54, 1.807) is 30.2 Å². The minimum absolute atomic E-state index is 0.0497. The number of aromatic nitrogens is 1. The Morgan fingerprint density at radius 1 is 1.24 bits per heavy atom. The second kappa shape index (κ2) is 8.07. The Morgan fingerprint density at radius 2 is 2.10 bits per heavy atom. The number of nitrogens with zero attached hydrogens (tertiary/aromatic N) is 2. The maximum atomic E-state index is 13.0. The Morgan fingerprint density at radius 3 is 2.90 bits per heavy atom. The summed E-state index contributed by atoms with van der Waals surface area (Å²) in [6, 6.07) is 12.8. The summed E-state index contributed by atoms with van der Waals surface area (Å²) in [5, 5.41) is 0. The standard InChI is InChI=1S/C23H24N2O4/c1-3-20(26)17-7-5-11-25(14-17)23(27)16-9-10-19-21(13-16)29-22(24-19)15-6-4-8-18(12-15)28-2/h4,6,8-10,12-13,17H,3,5,7,11,14H2,1-2H3/t17-/m0/s1. The van der Waals surface area contributed by atoms with Gasteiger partial charge in [0.15, 0.2) is 5.58 Å². The minimum atomic E-state index is -0.0696. The van der Waals surface area contributed by atoms with Gasteiger partial charge in [-0.25, -0.2) is 4.98 Å². The van der Waals surface area contributed by atoms with E-state index in [0.717, 1.165) is 24.2 Å². The highest BCUT2D eigenvalue weighted by atomic mass is 16.5. The molecule has 1 saturated heterocycles. The van der Waals surface area contributed by atoms with Gasteiger partial charge >= 0.3 is 0 Å². The lowest BCUT2D eigenvalue weighted by Gasteiger charge is -2.32. The summed E-state index contributed by atoms with van der Waals surface area (Å²) in [4.78, 5) is 31.4. The molecule has 29 heavy (non-hydrogen) atoms. The third-order valence-corrected chi connectivity index (χ3v) is 5.46. The molecule has 0 unspecified atom stereocenters. The monoisotopic (exact) mass is 392 g/mol. The molecule has 0 N–H and O–H groups in total. The zero-order valence-corrected chi connectivity index (χ0v) is 16.7. The molecule has 1 aromatic heterocycles. The topological polar surface area (TPSA) is 72.6 Å². The summed E-state index contributed by atoms with van der Waals surface area (Å²) in [7, 11) is 1.61. The molecule has 1 atom stereocenters. The summed E-state index contributed by atoms with van der Waals surface area (Å²) in [6.07, 6.45) is 2.23. The van der Waals surface area contributed by atoms with E-state index in [2.05, 4.69) is 4.98 Å². The molecule has 1 aliphatic heterocycles. The van der Waals surface area contributed by atoms with Gasteiger partial charge in [-0.1, -0.05) is 13.0 Å². The summed E-state index contributed by atoms with van der Waals surface area (Å²) >= 11 is 0. The first-order valence-corrected chi connectivity index (χ1v) is 9.96. The lowest BCUT2D eigenvalue weighted by atomic mass is 9.92. The van der Waals surface area contributed by atoms with Gasteiger partial charge in [0.1, 0.15) is 17.0 Å². The summed E-state index contributed by atoms with van der Waals surface area (Å²) in [5.74, 6) is 1.32. The van der Waals surface area contributed by atoms with Crippen LogP contribution in [0.3, 0.4) is 0 Å². The van der Waals surface area contributed by atoms with Crippen molar-refractivity contribution in [1.82, 2.24) is 9.88 Å². The zero-order chi connectivity index (χ0) is 20.4. The predicted octanol–water partition coefficient (Wildman–Crippen LogP) is 4.33. The minimum Gasteiger partial charge on any atom is -0.497 e. The van der Waals surface area contributed by atoms with Crippen LogP contribution in [0.2, 0.25) is 0 Å². The van der Waals surface area contributed by atoms with Crippen LogP contribution in [0.25, 0.3) is 22.6 Å². The Labute approximate surface area is 169 Å². The third kappa shape index (κ3) is 3.88. The van der Waals surface area contributed by atoms with E-state index in [4.69, 9.17) is 9.15 Å². The highest BCUT2D eigenvalue weighted by Crippen LogP contribution is 2.28. The van der Waals surface area contributed by atoms with Crippen LogP contribution in [-0.2, 0) is 4.79 Å². The Balaban J connectivity index is 1.58. The van der Waals surface area contributed by atoms with E-state index in [9.17, 15) is 9.59 Å². The fourth-order valence-electron chi connectivity index (χ4n) is 3.83. The summed E-state index contributed by atoms with van der Waals surface area (Å²) < 4.78 is 11.2. The second-order valence-electron chi connectivity index (χ2n) is 7.34. The van der Waals surface area contributed by atoms with Crippen molar-refractivity contribution >= 4 is 22.8 Å². The number of fused-ring (bicyclic) bond motifs is 1. The number of likely N-dealkylation sites (tertiary alicyclic amines) is 1. The van der Waals surface area contributed by atoms with Gasteiger partial charge in [-0.2, -0.15) is 0 Å². The summed E-state index contributed by atoms with van der Waals surface area (Å²) in [5.41, 5.74) is 2.62. The Kier molecular flexibility index (Phi) is 5.34. The van der Waals surface area contributed by atoms with E-state index in [1.807, 2.05) is 31.2 Å². The lowest BCUT2D eigenvalue weighted by Crippen LogP contribution is -2.42. The lowest BCUT2D eigenvalue weighted by molar-refractivity contribution is -0.123. The number of carbonyl (C=O) groups excluding carboxylic acids is 2. The predicted molar refractivity (Wildman–Crippen MR) is 110 cm³/mol. The number of hydrogen-bond donors (Lipinski definition) is 0. The number of Topliss-reactive ketones (excluding diaryl/α,β-unsaturated/α-hetero) is 1. The van der Waals surface area contributed by atoms with Gasteiger partial charge in [0.2, 0.25) is 5.89 Å². The molecule has 0 bridgehead atoms. The third-order valence-electron chi connectivity index (χ3n) is 5.46. The Hall–Kier alpha value is -3.15. The molecule has 1 fully saturated rings. The van der Waals surface area contributed by atoms with Gasteiger partial charge in [-0.15, -0.1) is 0 Å². The first kappa shape index (κ1) is 19.2. The van der Waals surface area contributed by atoms with Gasteiger partial charge in [0, 0.05) is 36.6 Å². The quantitative estimate of drug-likeness (QED) is 0.646. The molecule has 0 spiro atoms. The molecule has 2 heterocycles. The second-order valence-corrected chi connectivity index (χ2v) is 7.34. The molecule has 150 valence electrons. The van der Waals surface area contributed by atoms with Crippen LogP contribution < -0.4 is 4.74 Å². The number of hydrogen-bond acceptors (Lipinski definition) is 5. The Bertz CT molecular complexity index is 1060. The highest BCUT2D eigenvalue weighted by Gasteiger charge is 2.28. The molecular weight excluding hydrogens is 368 g/mol. The number of amides is 1. The average Bonchev–Trinajstić information content (AvgIpc) is 3.21. The van der Waals surface area contributed by atoms with Crippen LogP contribution in [-0.4, -0.2) is 41.8 Å². The van der Waals surface area contributed by atoms with Gasteiger partial charge in [-0.3, -0.25) is 9.59 Å². The van der Waals surface area contributed by atoms with E-state index in [-0.39, 0.29) is 17.6 Å². The number of rotatable bonds is 5. The molecule has 1 amide bonds. The van der Waals surface area contributed by atoms with Crippen LogP contribution >= 0.6 is 0 Å². The van der Waals surface area contributed by atoms with Crippen molar-refractivity contribution in [1.29, 1.82) is 0 Å². The van der Waals surface area contributed by atoms with Crippen LogP contribution in [0.5, 0.6) is 5.75 Å².